The van der Waals surface area contributed by atoms with E-state index in [0.717, 1.165) is 64.2 Å². The second-order valence-corrected chi connectivity index (χ2v) is 21.4. The zero-order chi connectivity index (χ0) is 53.6. The van der Waals surface area contributed by atoms with Gasteiger partial charge in [0.2, 0.25) is 5.91 Å². The van der Waals surface area contributed by atoms with Gasteiger partial charge < -0.3 is 40.3 Å². The van der Waals surface area contributed by atoms with Crippen LogP contribution < -0.4 is 5.32 Å². The van der Waals surface area contributed by atoms with E-state index >= 15 is 0 Å². The van der Waals surface area contributed by atoms with Gasteiger partial charge in [-0.1, -0.05) is 267 Å². The third-order valence-corrected chi connectivity index (χ3v) is 14.5. The summed E-state index contributed by atoms with van der Waals surface area (Å²) in [4.78, 5) is 13.0. The lowest BCUT2D eigenvalue weighted by Crippen LogP contribution is -2.60. The van der Waals surface area contributed by atoms with Crippen molar-refractivity contribution >= 4 is 5.91 Å². The molecule has 1 saturated heterocycles. The molecule has 1 rings (SSSR count). The fraction of sp³-hybridized carbons (Fsp3) is 0.800. The van der Waals surface area contributed by atoms with Crippen LogP contribution in [0.25, 0.3) is 0 Å². The smallest absolute Gasteiger partial charge is 0.220 e. The first-order valence-electron chi connectivity index (χ1n) is 31.2. The molecule has 0 radical (unpaired) electrons. The zero-order valence-corrected chi connectivity index (χ0v) is 47.8. The number of nitrogens with one attached hydrogen (secondary N) is 1. The molecule has 0 aromatic carbocycles. The summed E-state index contributed by atoms with van der Waals surface area (Å²) >= 11 is 0. The predicted octanol–water partition coefficient (Wildman–Crippen LogP) is 16.0. The van der Waals surface area contributed by atoms with Gasteiger partial charge in [-0.15, -0.1) is 0 Å². The fourth-order valence-corrected chi connectivity index (χ4v) is 9.62. The zero-order valence-electron chi connectivity index (χ0n) is 47.8. The molecule has 0 bridgehead atoms. The molecule has 0 aromatic heterocycles. The number of unbranched alkanes of at least 4 members (excludes halogenated alkanes) is 33. The molecule has 74 heavy (non-hydrogen) atoms. The van der Waals surface area contributed by atoms with Crippen LogP contribution in [-0.4, -0.2) is 87.5 Å². The van der Waals surface area contributed by atoms with Gasteiger partial charge in [0.05, 0.1) is 25.4 Å². The SMILES string of the molecule is CC/C=C/CC/C=C/CC/C=C/C(O)C(COC1OC(CO)C(O)C(O)C1O)NC(=O)CCCCCCCCCCCCCCCCCCCCCCCCCCCC/C=C\C/C=C\C/C=C\CCCCCCC. The summed E-state index contributed by atoms with van der Waals surface area (Å²) < 4.78 is 11.2. The van der Waals surface area contributed by atoms with E-state index in [2.05, 4.69) is 79.9 Å². The topological polar surface area (TPSA) is 149 Å². The van der Waals surface area contributed by atoms with Crippen LogP contribution in [0.5, 0.6) is 0 Å². The van der Waals surface area contributed by atoms with Crippen molar-refractivity contribution in [1.82, 2.24) is 5.32 Å². The highest BCUT2D eigenvalue weighted by molar-refractivity contribution is 5.76. The van der Waals surface area contributed by atoms with Gasteiger partial charge in [-0.2, -0.15) is 0 Å². The molecule has 9 heteroatoms. The Bertz CT molecular complexity index is 1390. The monoisotopic (exact) mass is 1040 g/mol. The second kappa shape index (κ2) is 54.0. The highest BCUT2D eigenvalue weighted by Gasteiger charge is 2.44. The lowest BCUT2D eigenvalue weighted by atomic mass is 9.99. The molecular weight excluding hydrogens is 923 g/mol. The van der Waals surface area contributed by atoms with Crippen LogP contribution in [0.4, 0.5) is 0 Å². The molecule has 7 atom stereocenters. The average molecular weight is 1040 g/mol. The normalized spacial score (nSPS) is 19.5. The second-order valence-electron chi connectivity index (χ2n) is 21.4. The quantitative estimate of drug-likeness (QED) is 0.0261. The molecule has 1 amide bonds. The summed E-state index contributed by atoms with van der Waals surface area (Å²) in [5.74, 6) is -0.191. The number of rotatable bonds is 53. The Morgan fingerprint density at radius 1 is 0.473 bits per heavy atom. The van der Waals surface area contributed by atoms with E-state index in [0.29, 0.717) is 6.42 Å². The van der Waals surface area contributed by atoms with E-state index in [1.807, 2.05) is 6.08 Å². The van der Waals surface area contributed by atoms with Gasteiger partial charge >= 0.3 is 0 Å². The van der Waals surface area contributed by atoms with Crippen molar-refractivity contribution in [3.63, 3.8) is 0 Å². The molecule has 1 heterocycles. The molecular formula is C65H117NO8. The highest BCUT2D eigenvalue weighted by Crippen LogP contribution is 2.23. The Morgan fingerprint density at radius 3 is 1.28 bits per heavy atom. The van der Waals surface area contributed by atoms with Crippen LogP contribution in [0.3, 0.4) is 0 Å². The lowest BCUT2D eigenvalue weighted by Gasteiger charge is -2.40. The minimum Gasteiger partial charge on any atom is -0.394 e. The van der Waals surface area contributed by atoms with Gasteiger partial charge in [0, 0.05) is 6.42 Å². The summed E-state index contributed by atoms with van der Waals surface area (Å²) in [5, 5.41) is 54.2. The first kappa shape index (κ1) is 69.6. The number of amides is 1. The molecule has 6 N–H and O–H groups in total. The van der Waals surface area contributed by atoms with E-state index in [9.17, 15) is 30.3 Å². The van der Waals surface area contributed by atoms with Gasteiger partial charge in [0.15, 0.2) is 6.29 Å². The van der Waals surface area contributed by atoms with Crippen LogP contribution in [0, 0.1) is 0 Å². The molecule has 7 unspecified atom stereocenters. The molecule has 0 spiro atoms. The predicted molar refractivity (Wildman–Crippen MR) is 313 cm³/mol. The summed E-state index contributed by atoms with van der Waals surface area (Å²) in [6.07, 6.45) is 69.0. The summed E-state index contributed by atoms with van der Waals surface area (Å²) in [6.45, 7) is 3.62. The third-order valence-electron chi connectivity index (χ3n) is 14.5. The highest BCUT2D eigenvalue weighted by atomic mass is 16.7. The van der Waals surface area contributed by atoms with E-state index in [4.69, 9.17) is 9.47 Å². The van der Waals surface area contributed by atoms with Crippen molar-refractivity contribution in [2.45, 2.75) is 320 Å². The minimum absolute atomic E-state index is 0.191. The number of aliphatic hydroxyl groups excluding tert-OH is 5. The Kier molecular flexibility index (Phi) is 50.8. The molecule has 1 aliphatic rings. The standard InChI is InChI=1S/C65H117NO8/c1-3-5-7-9-11-13-15-16-17-18-19-20-21-22-23-24-25-26-27-28-29-30-31-32-33-34-35-36-37-38-39-40-41-42-43-44-45-47-49-51-53-55-61(69)66-58(57-73-65-64(72)63(71)62(70)60(56-67)74-65)59(68)54-52-50-48-46-14-12-10-8-6-4-2/h6,8,14-16,18-19,21-22,46,52,54,58-60,62-65,67-68,70-72H,3-5,7,9-13,17,20,23-45,47-51,53,55-57H2,1-2H3,(H,66,69)/b8-6+,16-15-,19-18-,22-21-,46-14+,54-52+. The molecule has 1 aliphatic heterocycles. The van der Waals surface area contributed by atoms with Crippen molar-refractivity contribution < 1.29 is 39.8 Å². The fourth-order valence-electron chi connectivity index (χ4n) is 9.62. The van der Waals surface area contributed by atoms with E-state index < -0.39 is 49.5 Å². The van der Waals surface area contributed by atoms with Gasteiger partial charge in [-0.05, 0) is 77.0 Å². The third kappa shape index (κ3) is 42.7. The number of hydrogen-bond donors (Lipinski definition) is 6. The Balaban J connectivity index is 1.99. The average Bonchev–Trinajstić information content (AvgIpc) is 3.40. The van der Waals surface area contributed by atoms with Crippen molar-refractivity contribution in [3.05, 3.63) is 72.9 Å². The molecule has 1 fully saturated rings. The van der Waals surface area contributed by atoms with Crippen molar-refractivity contribution in [1.29, 1.82) is 0 Å². The van der Waals surface area contributed by atoms with Crippen LogP contribution in [0.15, 0.2) is 72.9 Å². The number of allylic oxidation sites excluding steroid dienone is 11. The van der Waals surface area contributed by atoms with E-state index in [1.165, 1.54) is 193 Å². The van der Waals surface area contributed by atoms with Crippen molar-refractivity contribution in [2.75, 3.05) is 13.2 Å². The summed E-state index contributed by atoms with van der Waals surface area (Å²) in [5.41, 5.74) is 0. The Hall–Kier alpha value is -2.37. The molecule has 9 nitrogen and oxygen atoms in total. The first-order chi connectivity index (χ1) is 36.3. The number of aliphatic hydroxyl groups is 5. The van der Waals surface area contributed by atoms with E-state index in [1.54, 1.807) is 6.08 Å². The van der Waals surface area contributed by atoms with Gasteiger partial charge in [-0.25, -0.2) is 0 Å². The summed E-state index contributed by atoms with van der Waals surface area (Å²) in [7, 11) is 0. The number of hydrogen-bond acceptors (Lipinski definition) is 8. The maximum atomic E-state index is 13.0. The van der Waals surface area contributed by atoms with Crippen LogP contribution in [0.2, 0.25) is 0 Å². The van der Waals surface area contributed by atoms with Gasteiger partial charge in [0.25, 0.3) is 0 Å². The van der Waals surface area contributed by atoms with Crippen LogP contribution >= 0.6 is 0 Å². The van der Waals surface area contributed by atoms with Crippen LogP contribution in [0.1, 0.15) is 277 Å². The Morgan fingerprint density at radius 2 is 0.851 bits per heavy atom. The molecule has 0 aromatic rings. The minimum atomic E-state index is -1.57. The number of ether oxygens (including phenoxy) is 2. The maximum absolute atomic E-state index is 13.0. The lowest BCUT2D eigenvalue weighted by molar-refractivity contribution is -0.302. The molecule has 0 aliphatic carbocycles. The maximum Gasteiger partial charge on any atom is 0.220 e. The molecule has 0 saturated carbocycles. The van der Waals surface area contributed by atoms with Crippen molar-refractivity contribution in [3.8, 4) is 0 Å². The molecule has 430 valence electrons. The van der Waals surface area contributed by atoms with E-state index in [-0.39, 0.29) is 12.5 Å². The first-order valence-corrected chi connectivity index (χ1v) is 31.2. The largest absolute Gasteiger partial charge is 0.394 e. The number of carbonyl (C=O) groups is 1. The van der Waals surface area contributed by atoms with Gasteiger partial charge in [-0.3, -0.25) is 4.79 Å². The van der Waals surface area contributed by atoms with Gasteiger partial charge in [0.1, 0.15) is 24.4 Å². The number of carbonyl (C=O) groups excluding carboxylic acids is 1. The van der Waals surface area contributed by atoms with Crippen LogP contribution in [-0.2, 0) is 14.3 Å². The summed E-state index contributed by atoms with van der Waals surface area (Å²) in [6, 6.07) is -0.827. The Labute approximate surface area is 455 Å². The van der Waals surface area contributed by atoms with Crippen molar-refractivity contribution in [2.24, 2.45) is 0 Å².